The zero-order chi connectivity index (χ0) is 24.1. The molecule has 9 heteroatoms. The van der Waals surface area contributed by atoms with E-state index in [9.17, 15) is 14.7 Å². The van der Waals surface area contributed by atoms with Crippen LogP contribution in [0.3, 0.4) is 0 Å². The van der Waals surface area contributed by atoms with Crippen molar-refractivity contribution in [3.05, 3.63) is 82.4 Å². The molecule has 1 aromatic heterocycles. The number of nitrogens with zero attached hydrogens (tertiary/aromatic N) is 3. The normalized spacial score (nSPS) is 15.2. The van der Waals surface area contributed by atoms with Crippen LogP contribution in [-0.4, -0.2) is 45.7 Å². The topological polar surface area (TPSA) is 87.5 Å². The molecule has 0 spiro atoms. The Hall–Kier alpha value is -3.03. The number of carboxylic acid groups (broad SMARTS) is 1. The van der Waals surface area contributed by atoms with Crippen molar-refractivity contribution >= 4 is 40.8 Å². The summed E-state index contributed by atoms with van der Waals surface area (Å²) in [5.74, 6) is -1.54. The predicted octanol–water partition coefficient (Wildman–Crippen LogP) is 4.27. The number of aliphatic carboxylic acids is 1. The van der Waals surface area contributed by atoms with Crippen LogP contribution in [0.4, 0.5) is 5.69 Å². The van der Waals surface area contributed by atoms with E-state index in [2.05, 4.69) is 15.2 Å². The van der Waals surface area contributed by atoms with Gasteiger partial charge in [0.1, 0.15) is 6.04 Å². The van der Waals surface area contributed by atoms with Crippen molar-refractivity contribution < 1.29 is 14.7 Å². The van der Waals surface area contributed by atoms with Gasteiger partial charge in [-0.1, -0.05) is 53.5 Å². The first-order valence-electron chi connectivity index (χ1n) is 11.2. The number of benzene rings is 2. The van der Waals surface area contributed by atoms with Crippen molar-refractivity contribution in [3.8, 4) is 0 Å². The highest BCUT2D eigenvalue weighted by atomic mass is 35.5. The van der Waals surface area contributed by atoms with Gasteiger partial charge in [0.2, 0.25) is 5.91 Å². The van der Waals surface area contributed by atoms with Crippen LogP contribution < -0.4 is 10.2 Å². The molecule has 7 nitrogen and oxygen atoms in total. The van der Waals surface area contributed by atoms with Crippen molar-refractivity contribution in [2.45, 2.75) is 31.8 Å². The summed E-state index contributed by atoms with van der Waals surface area (Å²) in [7, 11) is 0. The molecule has 1 aliphatic heterocycles. The minimum atomic E-state index is -1.07. The van der Waals surface area contributed by atoms with Gasteiger partial charge in [-0.15, -0.1) is 0 Å². The molecule has 0 saturated carbocycles. The molecule has 2 heterocycles. The third-order valence-corrected chi connectivity index (χ3v) is 6.80. The first-order chi connectivity index (χ1) is 16.4. The van der Waals surface area contributed by atoms with E-state index < -0.39 is 12.0 Å². The van der Waals surface area contributed by atoms with E-state index in [-0.39, 0.29) is 18.2 Å². The van der Waals surface area contributed by atoms with Crippen molar-refractivity contribution in [2.75, 3.05) is 18.0 Å². The Balaban J connectivity index is 1.31. The van der Waals surface area contributed by atoms with Gasteiger partial charge in [0.25, 0.3) is 0 Å². The number of rotatable bonds is 8. The van der Waals surface area contributed by atoms with E-state index in [1.807, 2.05) is 53.2 Å². The fourth-order valence-corrected chi connectivity index (χ4v) is 4.47. The average Bonchev–Trinajstić information content (AvgIpc) is 3.27. The molecule has 2 aromatic carbocycles. The molecule has 3 aromatic rings. The molecular weight excluding hydrogens is 475 g/mol. The lowest BCUT2D eigenvalue weighted by atomic mass is 9.95. The summed E-state index contributed by atoms with van der Waals surface area (Å²) in [6.07, 6.45) is 4.89. The second-order valence-corrected chi connectivity index (χ2v) is 9.30. The second-order valence-electron chi connectivity index (χ2n) is 8.49. The van der Waals surface area contributed by atoms with Gasteiger partial charge in [0.05, 0.1) is 22.1 Å². The predicted molar refractivity (Wildman–Crippen MR) is 132 cm³/mol. The largest absolute Gasteiger partial charge is 0.480 e. The van der Waals surface area contributed by atoms with Crippen molar-refractivity contribution in [1.82, 2.24) is 14.9 Å². The molecule has 4 rings (SSSR count). The number of carbonyl (C=O) groups is 2. The maximum absolute atomic E-state index is 12.8. The lowest BCUT2D eigenvalue weighted by molar-refractivity contribution is -0.142. The maximum atomic E-state index is 12.8. The fraction of sp³-hybridized carbons (Fsp3) is 0.320. The molecule has 1 atom stereocenters. The lowest BCUT2D eigenvalue weighted by Crippen LogP contribution is -2.47. The number of anilines is 1. The number of hydrogen-bond donors (Lipinski definition) is 2. The van der Waals surface area contributed by atoms with E-state index >= 15 is 0 Å². The van der Waals surface area contributed by atoms with Crippen LogP contribution in [0, 0.1) is 5.92 Å². The van der Waals surface area contributed by atoms with Gasteiger partial charge in [-0.3, -0.25) is 4.79 Å². The number of piperidine rings is 1. The Morgan fingerprint density at radius 3 is 2.50 bits per heavy atom. The Bertz CT molecular complexity index is 1140. The number of carboxylic acids is 1. The SMILES string of the molecule is O=C(NC(Cc1cn(Cc2ccccc2)cn1)C(=O)O)C1CCN(c2ccc(Cl)c(Cl)c2)CC1. The van der Waals surface area contributed by atoms with Crippen LogP contribution in [-0.2, 0) is 22.6 Å². The van der Waals surface area contributed by atoms with Crippen LogP contribution in [0.1, 0.15) is 24.1 Å². The van der Waals surface area contributed by atoms with Gasteiger partial charge >= 0.3 is 5.97 Å². The van der Waals surface area contributed by atoms with E-state index in [1.54, 1.807) is 12.4 Å². The second kappa shape index (κ2) is 10.9. The lowest BCUT2D eigenvalue weighted by Gasteiger charge is -2.33. The zero-order valence-electron chi connectivity index (χ0n) is 18.5. The van der Waals surface area contributed by atoms with Crippen LogP contribution in [0.2, 0.25) is 10.0 Å². The summed E-state index contributed by atoms with van der Waals surface area (Å²) in [4.78, 5) is 31.2. The standard InChI is InChI=1S/C25H26Cl2N4O3/c26-21-7-6-20(13-22(21)27)31-10-8-18(9-11-31)24(32)29-23(25(33)34)12-19-15-30(16-28-19)14-17-4-2-1-3-5-17/h1-7,13,15-16,18,23H,8-12,14H2,(H,29,32)(H,33,34). The maximum Gasteiger partial charge on any atom is 0.326 e. The van der Waals surface area contributed by atoms with Crippen molar-refractivity contribution in [1.29, 1.82) is 0 Å². The van der Waals surface area contributed by atoms with Gasteiger partial charge in [-0.2, -0.15) is 0 Å². The molecule has 1 aliphatic rings. The third kappa shape index (κ3) is 6.10. The molecule has 0 radical (unpaired) electrons. The summed E-state index contributed by atoms with van der Waals surface area (Å²) in [6, 6.07) is 14.4. The fourth-order valence-electron chi connectivity index (χ4n) is 4.17. The summed E-state index contributed by atoms with van der Waals surface area (Å²) in [6.45, 7) is 2.00. The first kappa shape index (κ1) is 24.1. The molecule has 2 N–H and O–H groups in total. The summed E-state index contributed by atoms with van der Waals surface area (Å²) in [5.41, 5.74) is 2.71. The number of nitrogens with one attached hydrogen (secondary N) is 1. The highest BCUT2D eigenvalue weighted by Crippen LogP contribution is 2.30. The quantitative estimate of drug-likeness (QED) is 0.482. The highest BCUT2D eigenvalue weighted by molar-refractivity contribution is 6.42. The van der Waals surface area contributed by atoms with Gasteiger partial charge < -0.3 is 19.9 Å². The van der Waals surface area contributed by atoms with E-state index in [0.717, 1.165) is 11.3 Å². The summed E-state index contributed by atoms with van der Waals surface area (Å²) < 4.78 is 1.91. The van der Waals surface area contributed by atoms with Crippen LogP contribution >= 0.6 is 23.2 Å². The minimum absolute atomic E-state index is 0.130. The number of imidazole rings is 1. The Labute approximate surface area is 208 Å². The Kier molecular flexibility index (Phi) is 7.75. The molecule has 34 heavy (non-hydrogen) atoms. The van der Waals surface area contributed by atoms with Crippen molar-refractivity contribution in [2.24, 2.45) is 5.92 Å². The van der Waals surface area contributed by atoms with Crippen molar-refractivity contribution in [3.63, 3.8) is 0 Å². The zero-order valence-corrected chi connectivity index (χ0v) is 20.0. The molecule has 0 aliphatic carbocycles. The summed E-state index contributed by atoms with van der Waals surface area (Å²) >= 11 is 12.1. The van der Waals surface area contributed by atoms with Crippen LogP contribution in [0.15, 0.2) is 61.1 Å². The van der Waals surface area contributed by atoms with Gasteiger partial charge in [0.15, 0.2) is 0 Å². The summed E-state index contributed by atoms with van der Waals surface area (Å²) in [5, 5.41) is 13.4. The van der Waals surface area contributed by atoms with E-state index in [0.29, 0.717) is 48.2 Å². The van der Waals surface area contributed by atoms with Gasteiger partial charge in [-0.25, -0.2) is 9.78 Å². The van der Waals surface area contributed by atoms with Gasteiger partial charge in [-0.05, 0) is 36.6 Å². The van der Waals surface area contributed by atoms with E-state index in [4.69, 9.17) is 23.2 Å². The smallest absolute Gasteiger partial charge is 0.326 e. The van der Waals surface area contributed by atoms with Gasteiger partial charge in [0, 0.05) is 43.9 Å². The highest BCUT2D eigenvalue weighted by Gasteiger charge is 2.29. The number of halogens is 2. The Morgan fingerprint density at radius 1 is 1.09 bits per heavy atom. The minimum Gasteiger partial charge on any atom is -0.480 e. The number of aromatic nitrogens is 2. The van der Waals surface area contributed by atoms with Crippen LogP contribution in [0.5, 0.6) is 0 Å². The van der Waals surface area contributed by atoms with E-state index in [1.165, 1.54) is 0 Å². The molecular formula is C25H26Cl2N4O3. The third-order valence-electron chi connectivity index (χ3n) is 6.06. The molecule has 1 amide bonds. The Morgan fingerprint density at radius 2 is 1.82 bits per heavy atom. The molecule has 1 unspecified atom stereocenters. The molecule has 1 saturated heterocycles. The molecule has 0 bridgehead atoms. The monoisotopic (exact) mass is 500 g/mol. The number of hydrogen-bond acceptors (Lipinski definition) is 4. The number of amides is 1. The average molecular weight is 501 g/mol. The van der Waals surface area contributed by atoms with Crippen LogP contribution in [0.25, 0.3) is 0 Å². The molecule has 178 valence electrons. The number of carbonyl (C=O) groups excluding carboxylic acids is 1. The first-order valence-corrected chi connectivity index (χ1v) is 11.9. The molecule has 1 fully saturated rings.